The van der Waals surface area contributed by atoms with Crippen molar-refractivity contribution in [1.29, 1.82) is 0 Å². The predicted octanol–water partition coefficient (Wildman–Crippen LogP) is 3.92. The van der Waals surface area contributed by atoms with Gasteiger partial charge in [-0.05, 0) is 44.2 Å². The number of halogens is 1. The Morgan fingerprint density at radius 2 is 2.16 bits per heavy atom. The van der Waals surface area contributed by atoms with Crippen LogP contribution in [0.2, 0.25) is 5.02 Å². The molecule has 1 atom stereocenters. The van der Waals surface area contributed by atoms with Crippen molar-refractivity contribution in [3.05, 3.63) is 39.2 Å². The molecule has 0 aliphatic carbocycles. The van der Waals surface area contributed by atoms with Gasteiger partial charge in [0.05, 0.1) is 5.02 Å². The van der Waals surface area contributed by atoms with E-state index in [1.54, 1.807) is 12.1 Å². The van der Waals surface area contributed by atoms with Crippen LogP contribution in [-0.4, -0.2) is 30.0 Å². The van der Waals surface area contributed by atoms with Gasteiger partial charge in [0.2, 0.25) is 0 Å². The molecule has 0 spiro atoms. The lowest BCUT2D eigenvalue weighted by molar-refractivity contribution is -0.137. The molecule has 0 N–H and O–H groups in total. The zero-order chi connectivity index (χ0) is 18.0. The van der Waals surface area contributed by atoms with Crippen LogP contribution >= 0.6 is 11.6 Å². The lowest BCUT2D eigenvalue weighted by Crippen LogP contribution is -2.45. The van der Waals surface area contributed by atoms with Crippen molar-refractivity contribution >= 4 is 28.5 Å². The highest BCUT2D eigenvalue weighted by molar-refractivity contribution is 6.32. The van der Waals surface area contributed by atoms with Gasteiger partial charge in [-0.3, -0.25) is 4.79 Å². The highest BCUT2D eigenvalue weighted by Crippen LogP contribution is 2.31. The fraction of sp³-hybridized carbons (Fsp3) is 0.474. The fourth-order valence-corrected chi connectivity index (χ4v) is 3.62. The van der Waals surface area contributed by atoms with Gasteiger partial charge in [-0.15, -0.1) is 0 Å². The summed E-state index contributed by atoms with van der Waals surface area (Å²) in [6.07, 6.45) is 4.19. The number of likely N-dealkylation sites (tertiary alicyclic amines) is 1. The van der Waals surface area contributed by atoms with Gasteiger partial charge in [0.1, 0.15) is 11.3 Å². The van der Waals surface area contributed by atoms with Crippen LogP contribution in [0.4, 0.5) is 0 Å². The van der Waals surface area contributed by atoms with E-state index in [0.717, 1.165) is 43.2 Å². The van der Waals surface area contributed by atoms with Crippen LogP contribution in [0.25, 0.3) is 11.0 Å². The number of hydrogen-bond donors (Lipinski definition) is 0. The molecule has 0 unspecified atom stereocenters. The summed E-state index contributed by atoms with van der Waals surface area (Å²) >= 11 is 6.27. The highest BCUT2D eigenvalue weighted by Gasteiger charge is 2.25. The number of benzene rings is 1. The van der Waals surface area contributed by atoms with E-state index >= 15 is 0 Å². The van der Waals surface area contributed by atoms with Gasteiger partial charge < -0.3 is 14.1 Å². The molecule has 1 aliphatic heterocycles. The maximum Gasteiger partial charge on any atom is 0.336 e. The molecule has 1 amide bonds. The number of piperidine rings is 1. The summed E-state index contributed by atoms with van der Waals surface area (Å²) in [5.74, 6) is 0.315. The van der Waals surface area contributed by atoms with Crippen LogP contribution < -0.4 is 10.4 Å². The lowest BCUT2D eigenvalue weighted by Gasteiger charge is -2.35. The second kappa shape index (κ2) is 7.48. The van der Waals surface area contributed by atoms with E-state index in [2.05, 4.69) is 6.92 Å². The summed E-state index contributed by atoms with van der Waals surface area (Å²) in [6.45, 7) is 4.63. The van der Waals surface area contributed by atoms with Gasteiger partial charge in [0.15, 0.2) is 6.61 Å². The molecule has 2 aromatic rings. The van der Waals surface area contributed by atoms with Crippen molar-refractivity contribution in [2.24, 2.45) is 0 Å². The van der Waals surface area contributed by atoms with Gasteiger partial charge in [-0.1, -0.05) is 18.5 Å². The molecule has 0 saturated carbocycles. The van der Waals surface area contributed by atoms with Crippen molar-refractivity contribution in [1.82, 2.24) is 4.90 Å². The van der Waals surface area contributed by atoms with E-state index in [9.17, 15) is 9.59 Å². The molecule has 0 bridgehead atoms. The SMILES string of the molecule is CC[C@@H]1CCCCN1C(=O)COc1cc2oc(=O)cc(C)c2cc1Cl. The molecule has 0 radical (unpaired) electrons. The third-order valence-electron chi connectivity index (χ3n) is 4.77. The van der Waals surface area contributed by atoms with Crippen molar-refractivity contribution < 1.29 is 13.9 Å². The second-order valence-electron chi connectivity index (χ2n) is 6.46. The number of rotatable bonds is 4. The van der Waals surface area contributed by atoms with Crippen molar-refractivity contribution in [2.45, 2.75) is 45.6 Å². The Morgan fingerprint density at radius 1 is 1.36 bits per heavy atom. The number of carbonyl (C=O) groups is 1. The monoisotopic (exact) mass is 363 g/mol. The molecule has 5 nitrogen and oxygen atoms in total. The number of aryl methyl sites for hydroxylation is 1. The van der Waals surface area contributed by atoms with Gasteiger partial charge in [0.25, 0.3) is 5.91 Å². The minimum atomic E-state index is -0.423. The summed E-state index contributed by atoms with van der Waals surface area (Å²) in [7, 11) is 0. The van der Waals surface area contributed by atoms with Gasteiger partial charge >= 0.3 is 5.63 Å². The molecule has 3 rings (SSSR count). The minimum absolute atomic E-state index is 0.0339. The summed E-state index contributed by atoms with van der Waals surface area (Å²) in [5.41, 5.74) is 0.768. The van der Waals surface area contributed by atoms with Crippen molar-refractivity contribution in [3.8, 4) is 5.75 Å². The second-order valence-corrected chi connectivity index (χ2v) is 6.87. The first-order valence-electron chi connectivity index (χ1n) is 8.66. The molecule has 134 valence electrons. The molecule has 1 aromatic heterocycles. The Morgan fingerprint density at radius 3 is 2.92 bits per heavy atom. The van der Waals surface area contributed by atoms with Crippen LogP contribution in [0, 0.1) is 6.92 Å². The quantitative estimate of drug-likeness (QED) is 0.772. The van der Waals surface area contributed by atoms with Crippen molar-refractivity contribution in [3.63, 3.8) is 0 Å². The summed E-state index contributed by atoms with van der Waals surface area (Å²) in [5, 5.41) is 1.15. The number of nitrogens with zero attached hydrogens (tertiary/aromatic N) is 1. The van der Waals surface area contributed by atoms with Crippen LogP contribution in [0.15, 0.2) is 27.4 Å². The van der Waals surface area contributed by atoms with Gasteiger partial charge in [0, 0.05) is 30.1 Å². The number of carbonyl (C=O) groups excluding carboxylic acids is 1. The Balaban J connectivity index is 1.77. The Labute approximate surface area is 151 Å². The third-order valence-corrected chi connectivity index (χ3v) is 5.07. The predicted molar refractivity (Wildman–Crippen MR) is 97.4 cm³/mol. The lowest BCUT2D eigenvalue weighted by atomic mass is 10.00. The first-order valence-corrected chi connectivity index (χ1v) is 9.03. The first-order chi connectivity index (χ1) is 12.0. The van der Waals surface area contributed by atoms with Crippen molar-refractivity contribution in [2.75, 3.05) is 13.2 Å². The van der Waals surface area contributed by atoms with E-state index in [0.29, 0.717) is 16.4 Å². The van der Waals surface area contributed by atoms with Crippen LogP contribution in [0.5, 0.6) is 5.75 Å². The topological polar surface area (TPSA) is 59.8 Å². The minimum Gasteiger partial charge on any atom is -0.482 e. The van der Waals surface area contributed by atoms with Gasteiger partial charge in [-0.2, -0.15) is 0 Å². The molecule has 1 aliphatic rings. The van der Waals surface area contributed by atoms with Crippen LogP contribution in [-0.2, 0) is 4.79 Å². The smallest absolute Gasteiger partial charge is 0.336 e. The first kappa shape index (κ1) is 17.8. The van der Waals surface area contributed by atoms with Gasteiger partial charge in [-0.25, -0.2) is 4.79 Å². The van der Waals surface area contributed by atoms with E-state index in [1.807, 2.05) is 11.8 Å². The third kappa shape index (κ3) is 3.82. The summed E-state index contributed by atoms with van der Waals surface area (Å²) in [4.78, 5) is 26.0. The molecule has 1 saturated heterocycles. The molecule has 25 heavy (non-hydrogen) atoms. The average molecular weight is 364 g/mol. The molecular formula is C19H22ClNO4. The maximum absolute atomic E-state index is 12.5. The number of fused-ring (bicyclic) bond motifs is 1. The van der Waals surface area contributed by atoms with E-state index in [1.165, 1.54) is 6.07 Å². The fourth-order valence-electron chi connectivity index (χ4n) is 3.41. The normalized spacial score (nSPS) is 17.7. The zero-order valence-electron chi connectivity index (χ0n) is 14.5. The zero-order valence-corrected chi connectivity index (χ0v) is 15.3. The molecule has 6 heteroatoms. The molecule has 1 fully saturated rings. The Bertz CT molecular complexity index is 845. The number of hydrogen-bond acceptors (Lipinski definition) is 4. The molecule has 1 aromatic carbocycles. The number of amides is 1. The highest BCUT2D eigenvalue weighted by atomic mass is 35.5. The molecular weight excluding hydrogens is 342 g/mol. The Kier molecular flexibility index (Phi) is 5.33. The summed E-state index contributed by atoms with van der Waals surface area (Å²) in [6, 6.07) is 4.99. The van der Waals surface area contributed by atoms with E-state index in [-0.39, 0.29) is 18.6 Å². The van der Waals surface area contributed by atoms with E-state index < -0.39 is 5.63 Å². The summed E-state index contributed by atoms with van der Waals surface area (Å²) < 4.78 is 10.9. The molecule has 2 heterocycles. The average Bonchev–Trinajstić information content (AvgIpc) is 2.60. The van der Waals surface area contributed by atoms with E-state index in [4.69, 9.17) is 20.8 Å². The Hall–Kier alpha value is -2.01. The number of ether oxygens (including phenoxy) is 1. The maximum atomic E-state index is 12.5. The van der Waals surface area contributed by atoms with Crippen LogP contribution in [0.1, 0.15) is 38.2 Å². The standard InChI is InChI=1S/C19H22ClNO4/c1-3-13-6-4-5-7-21(13)18(22)11-24-17-10-16-14(9-15(17)20)12(2)8-19(23)25-16/h8-10,13H,3-7,11H2,1-2H3/t13-/m1/s1. The largest absolute Gasteiger partial charge is 0.482 e. The van der Waals surface area contributed by atoms with Crippen LogP contribution in [0.3, 0.4) is 0 Å².